The van der Waals surface area contributed by atoms with E-state index in [1.54, 1.807) is 17.7 Å². The zero-order valence-corrected chi connectivity index (χ0v) is 10.4. The highest BCUT2D eigenvalue weighted by Crippen LogP contribution is 2.21. The summed E-state index contributed by atoms with van der Waals surface area (Å²) in [5.74, 6) is 0. The van der Waals surface area contributed by atoms with Crippen molar-refractivity contribution in [1.29, 1.82) is 0 Å². The van der Waals surface area contributed by atoms with Gasteiger partial charge in [-0.25, -0.2) is 0 Å². The summed E-state index contributed by atoms with van der Waals surface area (Å²) in [4.78, 5) is 11.9. The van der Waals surface area contributed by atoms with Crippen molar-refractivity contribution in [3.8, 4) is 0 Å². The van der Waals surface area contributed by atoms with Gasteiger partial charge in [-0.1, -0.05) is 20.8 Å². The van der Waals surface area contributed by atoms with Crippen LogP contribution in [0.2, 0.25) is 0 Å². The average molecular weight is 224 g/mol. The van der Waals surface area contributed by atoms with Gasteiger partial charge >= 0.3 is 0 Å². The summed E-state index contributed by atoms with van der Waals surface area (Å²) < 4.78 is 6.70. The van der Waals surface area contributed by atoms with Crippen LogP contribution in [0.1, 0.15) is 26.5 Å². The van der Waals surface area contributed by atoms with Crippen LogP contribution in [0.5, 0.6) is 0 Å². The molecule has 0 radical (unpaired) electrons. The predicted octanol–water partition coefficient (Wildman–Crippen LogP) is 1.37. The lowest BCUT2D eigenvalue weighted by molar-refractivity contribution is 0.184. The normalized spacial score (nSPS) is 11.8. The Morgan fingerprint density at radius 2 is 2.00 bits per heavy atom. The van der Waals surface area contributed by atoms with Crippen molar-refractivity contribution in [3.05, 3.63) is 28.2 Å². The first-order valence-corrected chi connectivity index (χ1v) is 5.36. The fourth-order valence-corrected chi connectivity index (χ4v) is 1.65. The van der Waals surface area contributed by atoms with Gasteiger partial charge < -0.3 is 15.0 Å². The molecule has 90 valence electrons. The maximum atomic E-state index is 11.9. The first-order chi connectivity index (χ1) is 7.38. The number of rotatable bonds is 3. The first-order valence-electron chi connectivity index (χ1n) is 5.36. The maximum Gasteiger partial charge on any atom is 0.273 e. The Hall–Kier alpha value is -1.29. The number of ether oxygens (including phenoxy) is 1. The number of nitrogens with zero attached hydrogens (tertiary/aromatic N) is 1. The monoisotopic (exact) mass is 224 g/mol. The van der Waals surface area contributed by atoms with Gasteiger partial charge in [-0.2, -0.15) is 0 Å². The third kappa shape index (κ3) is 2.64. The SMILES string of the molecule is COCCn1c(C(C)(C)C)ccc(N)c1=O. The van der Waals surface area contributed by atoms with Crippen LogP contribution in [-0.4, -0.2) is 18.3 Å². The van der Waals surface area contributed by atoms with Crippen LogP contribution in [0.4, 0.5) is 5.69 Å². The van der Waals surface area contributed by atoms with Gasteiger partial charge in [-0.3, -0.25) is 4.79 Å². The largest absolute Gasteiger partial charge is 0.394 e. The molecule has 1 rings (SSSR count). The molecule has 0 aromatic carbocycles. The summed E-state index contributed by atoms with van der Waals surface area (Å²) in [5.41, 5.74) is 6.67. The summed E-state index contributed by atoms with van der Waals surface area (Å²) >= 11 is 0. The zero-order valence-electron chi connectivity index (χ0n) is 10.4. The second-order valence-electron chi connectivity index (χ2n) is 4.87. The van der Waals surface area contributed by atoms with Crippen LogP contribution < -0.4 is 11.3 Å². The van der Waals surface area contributed by atoms with E-state index in [0.717, 1.165) is 5.69 Å². The van der Waals surface area contributed by atoms with E-state index in [4.69, 9.17) is 10.5 Å². The van der Waals surface area contributed by atoms with Gasteiger partial charge in [0.1, 0.15) is 0 Å². The lowest BCUT2D eigenvalue weighted by Crippen LogP contribution is -2.32. The molecule has 4 heteroatoms. The number of pyridine rings is 1. The molecule has 16 heavy (non-hydrogen) atoms. The van der Waals surface area contributed by atoms with E-state index >= 15 is 0 Å². The second-order valence-corrected chi connectivity index (χ2v) is 4.87. The van der Waals surface area contributed by atoms with Crippen molar-refractivity contribution >= 4 is 5.69 Å². The summed E-state index contributed by atoms with van der Waals surface area (Å²) in [6, 6.07) is 3.58. The molecule has 0 unspecified atom stereocenters. The van der Waals surface area contributed by atoms with Crippen molar-refractivity contribution < 1.29 is 4.74 Å². The van der Waals surface area contributed by atoms with Gasteiger partial charge in [0, 0.05) is 24.8 Å². The zero-order chi connectivity index (χ0) is 12.3. The quantitative estimate of drug-likeness (QED) is 0.843. The van der Waals surface area contributed by atoms with Crippen LogP contribution in [0.15, 0.2) is 16.9 Å². The molecule has 0 fully saturated rings. The lowest BCUT2D eigenvalue weighted by Gasteiger charge is -2.24. The number of nitrogens with two attached hydrogens (primary N) is 1. The van der Waals surface area contributed by atoms with Crippen molar-refractivity contribution in [2.45, 2.75) is 32.7 Å². The molecule has 4 nitrogen and oxygen atoms in total. The molecule has 0 atom stereocenters. The van der Waals surface area contributed by atoms with Gasteiger partial charge in [0.15, 0.2) is 0 Å². The Kier molecular flexibility index (Phi) is 3.75. The molecule has 0 saturated carbocycles. The highest BCUT2D eigenvalue weighted by molar-refractivity contribution is 5.37. The number of hydrogen-bond acceptors (Lipinski definition) is 3. The smallest absolute Gasteiger partial charge is 0.273 e. The number of aromatic nitrogens is 1. The number of methoxy groups -OCH3 is 1. The highest BCUT2D eigenvalue weighted by atomic mass is 16.5. The van der Waals surface area contributed by atoms with Crippen molar-refractivity contribution in [3.63, 3.8) is 0 Å². The van der Waals surface area contributed by atoms with Gasteiger partial charge in [0.25, 0.3) is 5.56 Å². The van der Waals surface area contributed by atoms with Crippen LogP contribution in [0, 0.1) is 0 Å². The van der Waals surface area contributed by atoms with E-state index in [9.17, 15) is 4.79 Å². The van der Waals surface area contributed by atoms with Crippen molar-refractivity contribution in [1.82, 2.24) is 4.57 Å². The van der Waals surface area contributed by atoms with E-state index < -0.39 is 0 Å². The van der Waals surface area contributed by atoms with Crippen LogP contribution >= 0.6 is 0 Å². The summed E-state index contributed by atoms with van der Waals surface area (Å²) in [6.07, 6.45) is 0. The third-order valence-electron chi connectivity index (χ3n) is 2.49. The molecule has 0 aliphatic rings. The number of nitrogen functional groups attached to an aromatic ring is 1. The van der Waals surface area contributed by atoms with Crippen LogP contribution in [0.25, 0.3) is 0 Å². The Labute approximate surface area is 96.0 Å². The fraction of sp³-hybridized carbons (Fsp3) is 0.583. The topological polar surface area (TPSA) is 57.2 Å². The van der Waals surface area contributed by atoms with E-state index in [1.165, 1.54) is 0 Å². The predicted molar refractivity (Wildman–Crippen MR) is 65.7 cm³/mol. The summed E-state index contributed by atoms with van der Waals surface area (Å²) in [7, 11) is 1.62. The summed E-state index contributed by atoms with van der Waals surface area (Å²) in [6.45, 7) is 7.25. The molecular weight excluding hydrogens is 204 g/mol. The number of anilines is 1. The van der Waals surface area contributed by atoms with Gasteiger partial charge in [-0.15, -0.1) is 0 Å². The molecule has 0 amide bonds. The second kappa shape index (κ2) is 4.70. The molecule has 0 aliphatic carbocycles. The van der Waals surface area contributed by atoms with E-state index in [1.807, 2.05) is 6.07 Å². The Balaban J connectivity index is 3.28. The Bertz CT molecular complexity index is 416. The van der Waals surface area contributed by atoms with Crippen LogP contribution in [-0.2, 0) is 16.7 Å². The fourth-order valence-electron chi connectivity index (χ4n) is 1.65. The Morgan fingerprint density at radius 1 is 1.38 bits per heavy atom. The van der Waals surface area contributed by atoms with Gasteiger partial charge in [0.05, 0.1) is 12.3 Å². The lowest BCUT2D eigenvalue weighted by atomic mass is 9.91. The molecule has 0 bridgehead atoms. The Morgan fingerprint density at radius 3 is 2.50 bits per heavy atom. The molecule has 2 N–H and O–H groups in total. The summed E-state index contributed by atoms with van der Waals surface area (Å²) in [5, 5.41) is 0. The minimum Gasteiger partial charge on any atom is -0.394 e. The standard InChI is InChI=1S/C12H20N2O2/c1-12(2,3)10-6-5-9(13)11(15)14(10)7-8-16-4/h5-6H,7-8,13H2,1-4H3. The molecule has 1 aromatic rings. The van der Waals surface area contributed by atoms with Crippen molar-refractivity contribution in [2.24, 2.45) is 0 Å². The van der Waals surface area contributed by atoms with Crippen molar-refractivity contribution in [2.75, 3.05) is 19.5 Å². The average Bonchev–Trinajstić information content (AvgIpc) is 2.18. The molecule has 0 aliphatic heterocycles. The maximum absolute atomic E-state index is 11.9. The molecule has 1 heterocycles. The minimum absolute atomic E-state index is 0.0827. The first kappa shape index (κ1) is 12.8. The highest BCUT2D eigenvalue weighted by Gasteiger charge is 2.19. The van der Waals surface area contributed by atoms with E-state index in [0.29, 0.717) is 13.2 Å². The third-order valence-corrected chi connectivity index (χ3v) is 2.49. The molecule has 1 aromatic heterocycles. The van der Waals surface area contributed by atoms with Gasteiger partial charge in [-0.05, 0) is 12.1 Å². The van der Waals surface area contributed by atoms with Gasteiger partial charge in [0.2, 0.25) is 0 Å². The minimum atomic E-state index is -0.135. The number of hydrogen-bond donors (Lipinski definition) is 1. The van der Waals surface area contributed by atoms with E-state index in [-0.39, 0.29) is 16.7 Å². The molecular formula is C12H20N2O2. The van der Waals surface area contributed by atoms with E-state index in [2.05, 4.69) is 20.8 Å². The van der Waals surface area contributed by atoms with Crippen LogP contribution in [0.3, 0.4) is 0 Å². The molecule has 0 saturated heterocycles. The molecule has 0 spiro atoms.